The van der Waals surface area contributed by atoms with Gasteiger partial charge in [0.25, 0.3) is 0 Å². The van der Waals surface area contributed by atoms with Crippen LogP contribution in [0.3, 0.4) is 0 Å². The van der Waals surface area contributed by atoms with E-state index in [1.165, 1.54) is 6.07 Å². The first-order chi connectivity index (χ1) is 9.63. The van der Waals surface area contributed by atoms with Gasteiger partial charge >= 0.3 is 5.97 Å². The zero-order valence-corrected chi connectivity index (χ0v) is 10.5. The van der Waals surface area contributed by atoms with Crippen molar-refractivity contribution in [3.8, 4) is 0 Å². The second-order valence-corrected chi connectivity index (χ2v) is 4.53. The van der Waals surface area contributed by atoms with E-state index >= 15 is 0 Å². The summed E-state index contributed by atoms with van der Waals surface area (Å²) >= 11 is 0. The molecule has 3 rings (SSSR count). The molecule has 0 spiro atoms. The van der Waals surface area contributed by atoms with Gasteiger partial charge in [-0.15, -0.1) is 0 Å². The van der Waals surface area contributed by atoms with Gasteiger partial charge in [0.2, 0.25) is 0 Å². The van der Waals surface area contributed by atoms with Crippen molar-refractivity contribution in [1.29, 1.82) is 0 Å². The molecule has 1 N–H and O–H groups in total. The SMILES string of the molecule is O=C(O)c1ccc2ccn(Cc3cncc(F)c3)c2c1. The fraction of sp³-hybridized carbons (Fsp3) is 0.0667. The van der Waals surface area contributed by atoms with Gasteiger partial charge in [-0.25, -0.2) is 9.18 Å². The Kier molecular flexibility index (Phi) is 2.95. The van der Waals surface area contributed by atoms with Gasteiger partial charge in [0.15, 0.2) is 0 Å². The van der Waals surface area contributed by atoms with E-state index < -0.39 is 5.97 Å². The van der Waals surface area contributed by atoms with Crippen molar-refractivity contribution >= 4 is 16.9 Å². The Morgan fingerprint density at radius 2 is 2.10 bits per heavy atom. The van der Waals surface area contributed by atoms with E-state index in [1.54, 1.807) is 24.4 Å². The smallest absolute Gasteiger partial charge is 0.335 e. The van der Waals surface area contributed by atoms with Crippen molar-refractivity contribution in [3.63, 3.8) is 0 Å². The molecule has 0 amide bonds. The summed E-state index contributed by atoms with van der Waals surface area (Å²) < 4.78 is 15.0. The minimum absolute atomic E-state index is 0.231. The number of aromatic carboxylic acids is 1. The van der Waals surface area contributed by atoms with E-state index in [0.717, 1.165) is 22.7 Å². The molecular formula is C15H11FN2O2. The van der Waals surface area contributed by atoms with Crippen LogP contribution in [0.15, 0.2) is 48.9 Å². The van der Waals surface area contributed by atoms with Crippen molar-refractivity contribution in [3.05, 3.63) is 65.9 Å². The third-order valence-electron chi connectivity index (χ3n) is 3.14. The van der Waals surface area contributed by atoms with Gasteiger partial charge in [0.05, 0.1) is 11.8 Å². The van der Waals surface area contributed by atoms with Crippen LogP contribution in [0.4, 0.5) is 4.39 Å². The Labute approximate surface area is 114 Å². The zero-order valence-electron chi connectivity index (χ0n) is 10.5. The first kappa shape index (κ1) is 12.3. The van der Waals surface area contributed by atoms with Crippen LogP contribution in [0.2, 0.25) is 0 Å². The Morgan fingerprint density at radius 1 is 1.25 bits per heavy atom. The maximum Gasteiger partial charge on any atom is 0.335 e. The Balaban J connectivity index is 2.03. The second-order valence-electron chi connectivity index (χ2n) is 4.53. The van der Waals surface area contributed by atoms with Gasteiger partial charge in [0.1, 0.15) is 5.82 Å². The molecule has 1 aromatic carbocycles. The number of nitrogens with zero attached hydrogens (tertiary/aromatic N) is 2. The summed E-state index contributed by atoms with van der Waals surface area (Å²) in [6.07, 6.45) is 4.59. The van der Waals surface area contributed by atoms with Gasteiger partial charge in [-0.1, -0.05) is 6.07 Å². The minimum atomic E-state index is -0.966. The third-order valence-corrected chi connectivity index (χ3v) is 3.14. The molecule has 3 aromatic rings. The molecule has 100 valence electrons. The van der Waals surface area contributed by atoms with Gasteiger partial charge in [-0.3, -0.25) is 4.98 Å². The summed E-state index contributed by atoms with van der Waals surface area (Å²) in [5.41, 5.74) is 1.76. The zero-order chi connectivity index (χ0) is 14.1. The average molecular weight is 270 g/mol. The highest BCUT2D eigenvalue weighted by Gasteiger charge is 2.07. The predicted molar refractivity (Wildman–Crippen MR) is 72.2 cm³/mol. The molecule has 0 radical (unpaired) electrons. The first-order valence-corrected chi connectivity index (χ1v) is 6.05. The maximum atomic E-state index is 13.1. The van der Waals surface area contributed by atoms with Crippen LogP contribution in [-0.2, 0) is 6.54 Å². The van der Waals surface area contributed by atoms with Crippen LogP contribution in [0.1, 0.15) is 15.9 Å². The van der Waals surface area contributed by atoms with Crippen LogP contribution in [0.25, 0.3) is 10.9 Å². The number of halogens is 1. The predicted octanol–water partition coefficient (Wildman–Crippen LogP) is 2.92. The van der Waals surface area contributed by atoms with E-state index in [2.05, 4.69) is 4.98 Å². The maximum absolute atomic E-state index is 13.1. The molecule has 0 unspecified atom stereocenters. The van der Waals surface area contributed by atoms with E-state index in [4.69, 9.17) is 5.11 Å². The number of carbonyl (C=O) groups is 1. The normalized spacial score (nSPS) is 10.8. The van der Waals surface area contributed by atoms with Crippen LogP contribution in [-0.4, -0.2) is 20.6 Å². The highest BCUT2D eigenvalue weighted by molar-refractivity contribution is 5.93. The third kappa shape index (κ3) is 2.25. The summed E-state index contributed by atoms with van der Waals surface area (Å²) in [7, 11) is 0. The molecule has 20 heavy (non-hydrogen) atoms. The van der Waals surface area contributed by atoms with Gasteiger partial charge in [-0.05, 0) is 35.2 Å². The fourth-order valence-corrected chi connectivity index (χ4v) is 2.19. The summed E-state index contributed by atoms with van der Waals surface area (Å²) in [4.78, 5) is 14.8. The summed E-state index contributed by atoms with van der Waals surface area (Å²) in [6, 6.07) is 8.26. The molecule has 0 atom stereocenters. The average Bonchev–Trinajstić information content (AvgIpc) is 2.81. The molecule has 0 saturated heterocycles. The second kappa shape index (κ2) is 4.77. The van der Waals surface area contributed by atoms with Crippen molar-refractivity contribution < 1.29 is 14.3 Å². The number of pyridine rings is 1. The monoisotopic (exact) mass is 270 g/mol. The number of carboxylic acid groups (broad SMARTS) is 1. The van der Waals surface area contributed by atoms with E-state index in [9.17, 15) is 9.18 Å². The standard InChI is InChI=1S/C15H11FN2O2/c16-13-5-10(7-17-8-13)9-18-4-3-11-1-2-12(15(19)20)6-14(11)18/h1-8H,9H2,(H,19,20). The van der Waals surface area contributed by atoms with E-state index in [-0.39, 0.29) is 11.4 Å². The molecule has 0 aliphatic carbocycles. The van der Waals surface area contributed by atoms with E-state index in [1.807, 2.05) is 16.8 Å². The quantitative estimate of drug-likeness (QED) is 0.796. The Hall–Kier alpha value is -2.69. The van der Waals surface area contributed by atoms with Crippen molar-refractivity contribution in [2.75, 3.05) is 0 Å². The fourth-order valence-electron chi connectivity index (χ4n) is 2.19. The largest absolute Gasteiger partial charge is 0.478 e. The summed E-state index contributed by atoms with van der Waals surface area (Å²) in [5.74, 6) is -1.35. The molecule has 0 aliphatic heterocycles. The Bertz CT molecular complexity index is 795. The topological polar surface area (TPSA) is 55.1 Å². The summed E-state index contributed by atoms with van der Waals surface area (Å²) in [6.45, 7) is 0.442. The molecule has 2 heterocycles. The molecule has 0 saturated carbocycles. The van der Waals surface area contributed by atoms with Crippen LogP contribution < -0.4 is 0 Å². The van der Waals surface area contributed by atoms with Crippen LogP contribution >= 0.6 is 0 Å². The van der Waals surface area contributed by atoms with Crippen LogP contribution in [0, 0.1) is 5.82 Å². The number of hydrogen-bond donors (Lipinski definition) is 1. The van der Waals surface area contributed by atoms with E-state index in [0.29, 0.717) is 6.54 Å². The van der Waals surface area contributed by atoms with Gasteiger partial charge in [-0.2, -0.15) is 0 Å². The molecule has 4 nitrogen and oxygen atoms in total. The number of fused-ring (bicyclic) bond motifs is 1. The first-order valence-electron chi connectivity index (χ1n) is 6.05. The number of rotatable bonds is 3. The highest BCUT2D eigenvalue weighted by Crippen LogP contribution is 2.19. The van der Waals surface area contributed by atoms with Gasteiger partial charge in [0, 0.05) is 24.5 Å². The number of hydrogen-bond acceptors (Lipinski definition) is 2. The van der Waals surface area contributed by atoms with Crippen molar-refractivity contribution in [2.45, 2.75) is 6.54 Å². The molecule has 2 aromatic heterocycles. The van der Waals surface area contributed by atoms with Crippen molar-refractivity contribution in [2.24, 2.45) is 0 Å². The number of benzene rings is 1. The van der Waals surface area contributed by atoms with Gasteiger partial charge < -0.3 is 9.67 Å². The summed E-state index contributed by atoms with van der Waals surface area (Å²) in [5, 5.41) is 9.97. The van der Waals surface area contributed by atoms with Crippen LogP contribution in [0.5, 0.6) is 0 Å². The van der Waals surface area contributed by atoms with Crippen molar-refractivity contribution in [1.82, 2.24) is 9.55 Å². The lowest BCUT2D eigenvalue weighted by molar-refractivity contribution is 0.0697. The highest BCUT2D eigenvalue weighted by atomic mass is 19.1. The molecular weight excluding hydrogens is 259 g/mol. The molecule has 5 heteroatoms. The molecule has 0 aliphatic rings. The molecule has 0 bridgehead atoms. The molecule has 0 fully saturated rings. The lowest BCUT2D eigenvalue weighted by Gasteiger charge is -2.06. The Morgan fingerprint density at radius 3 is 2.85 bits per heavy atom. The number of aromatic nitrogens is 2. The lowest BCUT2D eigenvalue weighted by Crippen LogP contribution is -2.01. The lowest BCUT2D eigenvalue weighted by atomic mass is 10.1. The number of carboxylic acids is 1. The minimum Gasteiger partial charge on any atom is -0.478 e.